The van der Waals surface area contributed by atoms with Crippen LogP contribution in [0.15, 0.2) is 60.9 Å². The molecule has 104 valence electrons. The quantitative estimate of drug-likeness (QED) is 0.748. The van der Waals surface area contributed by atoms with Crippen molar-refractivity contribution in [2.75, 3.05) is 5.32 Å². The average Bonchev–Trinajstić information content (AvgIpc) is 2.85. The van der Waals surface area contributed by atoms with E-state index in [1.54, 1.807) is 0 Å². The third-order valence-electron chi connectivity index (χ3n) is 4.27. The first-order valence-electron chi connectivity index (χ1n) is 7.26. The molecule has 3 N–H and O–H groups in total. The van der Waals surface area contributed by atoms with Crippen LogP contribution in [-0.4, -0.2) is 4.98 Å². The number of hydrogen-bond acceptors (Lipinski definition) is 3. The molecule has 2 aromatic carbocycles. The number of aromatic nitrogens is 1. The molecule has 1 aliphatic carbocycles. The number of nitrogens with two attached hydrogens (primary N) is 1. The van der Waals surface area contributed by atoms with E-state index in [9.17, 15) is 0 Å². The number of fused-ring (bicyclic) bond motifs is 2. The zero-order valence-corrected chi connectivity index (χ0v) is 11.7. The Morgan fingerprint density at radius 3 is 2.76 bits per heavy atom. The van der Waals surface area contributed by atoms with Crippen molar-refractivity contribution in [2.45, 2.75) is 18.5 Å². The fourth-order valence-corrected chi connectivity index (χ4v) is 3.25. The molecule has 2 atom stereocenters. The molecule has 0 radical (unpaired) electrons. The molecule has 3 aromatic rings. The van der Waals surface area contributed by atoms with Gasteiger partial charge in [0.15, 0.2) is 0 Å². The van der Waals surface area contributed by atoms with Crippen molar-refractivity contribution < 1.29 is 0 Å². The lowest BCUT2D eigenvalue weighted by Gasteiger charge is -2.17. The van der Waals surface area contributed by atoms with Gasteiger partial charge in [-0.3, -0.25) is 4.98 Å². The van der Waals surface area contributed by atoms with Crippen LogP contribution in [0.2, 0.25) is 0 Å². The van der Waals surface area contributed by atoms with Crippen LogP contribution < -0.4 is 11.1 Å². The molecule has 0 bridgehead atoms. The van der Waals surface area contributed by atoms with Crippen molar-refractivity contribution in [3.63, 3.8) is 0 Å². The van der Waals surface area contributed by atoms with Gasteiger partial charge in [-0.1, -0.05) is 36.4 Å². The maximum atomic E-state index is 6.25. The van der Waals surface area contributed by atoms with Crippen LogP contribution >= 0.6 is 0 Å². The van der Waals surface area contributed by atoms with Gasteiger partial charge in [-0.15, -0.1) is 0 Å². The molecule has 21 heavy (non-hydrogen) atoms. The molecular weight excluding hydrogens is 258 g/mol. The minimum Gasteiger partial charge on any atom is -0.378 e. The highest BCUT2D eigenvalue weighted by Crippen LogP contribution is 2.40. The van der Waals surface area contributed by atoms with Gasteiger partial charge in [-0.05, 0) is 29.7 Å². The Hall–Kier alpha value is -2.39. The molecular formula is C18H17N3. The summed E-state index contributed by atoms with van der Waals surface area (Å²) in [7, 11) is 0. The maximum Gasteiger partial charge on any atom is 0.0535 e. The molecule has 0 aliphatic heterocycles. The predicted molar refractivity (Wildman–Crippen MR) is 86.1 cm³/mol. The molecule has 4 rings (SSSR count). The van der Waals surface area contributed by atoms with Gasteiger partial charge in [-0.2, -0.15) is 0 Å². The number of hydrogen-bond donors (Lipinski definition) is 2. The zero-order chi connectivity index (χ0) is 14.2. The lowest BCUT2D eigenvalue weighted by molar-refractivity contribution is 0.649. The van der Waals surface area contributed by atoms with Crippen molar-refractivity contribution in [3.8, 4) is 0 Å². The fourth-order valence-electron chi connectivity index (χ4n) is 3.25. The average molecular weight is 275 g/mol. The molecule has 0 amide bonds. The Morgan fingerprint density at radius 2 is 1.86 bits per heavy atom. The Bertz CT molecular complexity index is 792. The predicted octanol–water partition coefficient (Wildman–Crippen LogP) is 3.79. The van der Waals surface area contributed by atoms with Gasteiger partial charge in [0, 0.05) is 34.9 Å². The van der Waals surface area contributed by atoms with E-state index in [2.05, 4.69) is 58.8 Å². The second-order valence-electron chi connectivity index (χ2n) is 5.57. The van der Waals surface area contributed by atoms with Crippen LogP contribution in [0.5, 0.6) is 0 Å². The maximum absolute atomic E-state index is 6.25. The van der Waals surface area contributed by atoms with Crippen molar-refractivity contribution in [1.82, 2.24) is 4.98 Å². The molecule has 1 aliphatic rings. The van der Waals surface area contributed by atoms with Gasteiger partial charge in [-0.25, -0.2) is 0 Å². The van der Waals surface area contributed by atoms with Crippen LogP contribution in [0.25, 0.3) is 10.8 Å². The Morgan fingerprint density at radius 1 is 1.00 bits per heavy atom. The fraction of sp³-hybridized carbons (Fsp3) is 0.167. The molecule has 3 heteroatoms. The lowest BCUT2D eigenvalue weighted by atomic mass is 10.1. The van der Waals surface area contributed by atoms with Crippen molar-refractivity contribution in [2.24, 2.45) is 5.73 Å². The second-order valence-corrected chi connectivity index (χ2v) is 5.57. The topological polar surface area (TPSA) is 50.9 Å². The number of nitrogens with zero attached hydrogens (tertiary/aromatic N) is 1. The van der Waals surface area contributed by atoms with Gasteiger partial charge in [0.1, 0.15) is 0 Å². The highest BCUT2D eigenvalue weighted by atomic mass is 14.9. The summed E-state index contributed by atoms with van der Waals surface area (Å²) in [5, 5.41) is 6.01. The highest BCUT2D eigenvalue weighted by molar-refractivity contribution is 5.93. The molecule has 1 aromatic heterocycles. The number of anilines is 1. The van der Waals surface area contributed by atoms with E-state index in [1.165, 1.54) is 16.5 Å². The van der Waals surface area contributed by atoms with Crippen LogP contribution in [0, 0.1) is 0 Å². The summed E-state index contributed by atoms with van der Waals surface area (Å²) in [6, 6.07) is 17.2. The first kappa shape index (κ1) is 12.4. The third-order valence-corrected chi connectivity index (χ3v) is 4.27. The molecule has 1 heterocycles. The van der Waals surface area contributed by atoms with E-state index >= 15 is 0 Å². The van der Waals surface area contributed by atoms with E-state index in [0.717, 1.165) is 17.5 Å². The monoisotopic (exact) mass is 275 g/mol. The second kappa shape index (κ2) is 4.86. The van der Waals surface area contributed by atoms with Crippen molar-refractivity contribution in [3.05, 3.63) is 72.1 Å². The van der Waals surface area contributed by atoms with Crippen LogP contribution in [0.1, 0.15) is 29.6 Å². The molecule has 0 spiro atoms. The smallest absolute Gasteiger partial charge is 0.0535 e. The number of nitrogens with one attached hydrogen (secondary N) is 1. The lowest BCUT2D eigenvalue weighted by Crippen LogP contribution is -2.10. The summed E-state index contributed by atoms with van der Waals surface area (Å²) in [6.07, 6.45) is 4.66. The van der Waals surface area contributed by atoms with Crippen LogP contribution in [0.4, 0.5) is 5.69 Å². The highest BCUT2D eigenvalue weighted by Gasteiger charge is 2.28. The summed E-state index contributed by atoms with van der Waals surface area (Å²) >= 11 is 0. The Labute approximate surface area is 123 Å². The summed E-state index contributed by atoms with van der Waals surface area (Å²) in [5.74, 6) is 0. The van der Waals surface area contributed by atoms with E-state index in [-0.39, 0.29) is 12.1 Å². The third kappa shape index (κ3) is 2.06. The van der Waals surface area contributed by atoms with Gasteiger partial charge in [0.2, 0.25) is 0 Å². The number of benzene rings is 2. The molecule has 3 nitrogen and oxygen atoms in total. The van der Waals surface area contributed by atoms with Gasteiger partial charge in [0.25, 0.3) is 0 Å². The normalized spacial score (nSPS) is 20.4. The zero-order valence-electron chi connectivity index (χ0n) is 11.7. The van der Waals surface area contributed by atoms with Crippen LogP contribution in [-0.2, 0) is 0 Å². The Kier molecular flexibility index (Phi) is 2.86. The van der Waals surface area contributed by atoms with E-state index in [0.29, 0.717) is 0 Å². The largest absolute Gasteiger partial charge is 0.378 e. The molecule has 2 unspecified atom stereocenters. The van der Waals surface area contributed by atoms with E-state index < -0.39 is 0 Å². The van der Waals surface area contributed by atoms with Gasteiger partial charge < -0.3 is 11.1 Å². The van der Waals surface area contributed by atoms with Gasteiger partial charge >= 0.3 is 0 Å². The van der Waals surface area contributed by atoms with Gasteiger partial charge in [0.05, 0.1) is 6.04 Å². The van der Waals surface area contributed by atoms with Crippen LogP contribution in [0.3, 0.4) is 0 Å². The first-order valence-corrected chi connectivity index (χ1v) is 7.26. The number of rotatable bonds is 2. The molecule has 0 fully saturated rings. The first-order chi connectivity index (χ1) is 10.3. The summed E-state index contributed by atoms with van der Waals surface area (Å²) in [5.41, 5.74) is 9.97. The van der Waals surface area contributed by atoms with Crippen molar-refractivity contribution in [1.29, 1.82) is 0 Å². The molecule has 0 saturated heterocycles. The summed E-state index contributed by atoms with van der Waals surface area (Å²) in [4.78, 5) is 4.19. The SMILES string of the molecule is NC1CC(Nc2cccc3cnccc23)c2ccccc21. The molecule has 0 saturated carbocycles. The van der Waals surface area contributed by atoms with E-state index in [4.69, 9.17) is 5.73 Å². The minimum atomic E-state index is 0.121. The summed E-state index contributed by atoms with van der Waals surface area (Å²) in [6.45, 7) is 0. The van der Waals surface area contributed by atoms with Crippen molar-refractivity contribution >= 4 is 16.5 Å². The minimum absolute atomic E-state index is 0.121. The standard InChI is InChI=1S/C18H17N3/c19-16-10-18(15-6-2-1-5-14(15)16)21-17-7-3-4-12-11-20-9-8-13(12)17/h1-9,11,16,18,21H,10,19H2. The van der Waals surface area contributed by atoms with E-state index in [1.807, 2.05) is 12.4 Å². The number of pyridine rings is 1. The Balaban J connectivity index is 1.73. The summed E-state index contributed by atoms with van der Waals surface area (Å²) < 4.78 is 0.